The van der Waals surface area contributed by atoms with Gasteiger partial charge in [-0.1, -0.05) is 11.6 Å². The maximum atomic E-state index is 6.06. The maximum Gasteiger partial charge on any atom is 0.193 e. The Balaban J connectivity index is 2.03. The molecule has 0 unspecified atom stereocenters. The molecular formula is C14H17ClN4OS. The lowest BCUT2D eigenvalue weighted by atomic mass is 10.3. The molecule has 0 aliphatic carbocycles. The van der Waals surface area contributed by atoms with E-state index in [0.717, 1.165) is 21.3 Å². The van der Waals surface area contributed by atoms with Gasteiger partial charge in [-0.15, -0.1) is 11.3 Å². The normalized spacial score (nSPS) is 11.5. The van der Waals surface area contributed by atoms with Gasteiger partial charge in [0, 0.05) is 10.6 Å². The van der Waals surface area contributed by atoms with E-state index >= 15 is 0 Å². The molecule has 0 saturated heterocycles. The van der Waals surface area contributed by atoms with Crippen LogP contribution in [0.5, 0.6) is 5.75 Å². The van der Waals surface area contributed by atoms with Crippen LogP contribution >= 0.6 is 22.9 Å². The number of anilines is 1. The number of hydrogen-bond acceptors (Lipinski definition) is 4. The van der Waals surface area contributed by atoms with Gasteiger partial charge in [0.05, 0.1) is 29.4 Å². The average Bonchev–Trinajstić information content (AvgIpc) is 2.75. The zero-order chi connectivity index (χ0) is 15.4. The van der Waals surface area contributed by atoms with Crippen molar-refractivity contribution in [2.75, 3.05) is 12.4 Å². The predicted molar refractivity (Wildman–Crippen MR) is 88.5 cm³/mol. The third kappa shape index (κ3) is 4.09. The van der Waals surface area contributed by atoms with Crippen LogP contribution in [0, 0.1) is 13.8 Å². The van der Waals surface area contributed by atoms with Crippen molar-refractivity contribution in [3.05, 3.63) is 38.8 Å². The molecule has 112 valence electrons. The fourth-order valence-electron chi connectivity index (χ4n) is 1.81. The molecule has 0 spiro atoms. The number of rotatable bonds is 4. The van der Waals surface area contributed by atoms with Crippen LogP contribution in [0.2, 0.25) is 5.02 Å². The van der Waals surface area contributed by atoms with Crippen molar-refractivity contribution in [1.82, 2.24) is 4.98 Å². The fraction of sp³-hybridized carbons (Fsp3) is 0.286. The number of halogens is 1. The number of nitrogens with zero attached hydrogens (tertiary/aromatic N) is 2. The minimum absolute atomic E-state index is 0.335. The highest BCUT2D eigenvalue weighted by Crippen LogP contribution is 2.27. The van der Waals surface area contributed by atoms with Crippen LogP contribution < -0.4 is 15.8 Å². The molecule has 5 nitrogen and oxygen atoms in total. The quantitative estimate of drug-likeness (QED) is 0.668. The summed E-state index contributed by atoms with van der Waals surface area (Å²) in [5.74, 6) is 0.954. The second-order valence-electron chi connectivity index (χ2n) is 4.42. The summed E-state index contributed by atoms with van der Waals surface area (Å²) >= 11 is 7.69. The number of guanidine groups is 1. The lowest BCUT2D eigenvalue weighted by Crippen LogP contribution is -2.22. The smallest absolute Gasteiger partial charge is 0.193 e. The molecule has 0 saturated carbocycles. The number of nitrogens with two attached hydrogens (primary N) is 1. The van der Waals surface area contributed by atoms with Crippen molar-refractivity contribution < 1.29 is 4.74 Å². The molecule has 0 aliphatic rings. The first-order valence-corrected chi connectivity index (χ1v) is 7.52. The Labute approximate surface area is 132 Å². The van der Waals surface area contributed by atoms with Crippen LogP contribution in [0.25, 0.3) is 0 Å². The zero-order valence-corrected chi connectivity index (χ0v) is 13.7. The van der Waals surface area contributed by atoms with Crippen LogP contribution in [0.1, 0.15) is 15.6 Å². The second-order valence-corrected chi connectivity index (χ2v) is 6.11. The largest absolute Gasteiger partial charge is 0.495 e. The van der Waals surface area contributed by atoms with Crippen LogP contribution in [0.15, 0.2) is 23.2 Å². The minimum atomic E-state index is 0.335. The lowest BCUT2D eigenvalue weighted by Gasteiger charge is -2.08. The first-order chi connectivity index (χ1) is 9.99. The number of methoxy groups -OCH3 is 1. The molecule has 0 radical (unpaired) electrons. The van der Waals surface area contributed by atoms with Crippen molar-refractivity contribution in [3.63, 3.8) is 0 Å². The lowest BCUT2D eigenvalue weighted by molar-refractivity contribution is 0.415. The van der Waals surface area contributed by atoms with Crippen LogP contribution in [0.3, 0.4) is 0 Å². The summed E-state index contributed by atoms with van der Waals surface area (Å²) in [7, 11) is 1.57. The molecule has 0 amide bonds. The van der Waals surface area contributed by atoms with Gasteiger partial charge in [0.15, 0.2) is 5.96 Å². The molecular weight excluding hydrogens is 308 g/mol. The number of aliphatic imine (C=N–C) groups is 1. The summed E-state index contributed by atoms with van der Waals surface area (Å²) in [5.41, 5.74) is 7.64. The molecule has 0 bridgehead atoms. The third-order valence-corrected chi connectivity index (χ3v) is 4.17. The molecule has 2 aromatic rings. The SMILES string of the molecule is COc1ccc(NC(N)=NCc2sc(C)nc2C)cc1Cl. The van der Waals surface area contributed by atoms with E-state index < -0.39 is 0 Å². The molecule has 21 heavy (non-hydrogen) atoms. The summed E-state index contributed by atoms with van der Waals surface area (Å²) in [6, 6.07) is 5.34. The van der Waals surface area contributed by atoms with Gasteiger partial charge in [0.25, 0.3) is 0 Å². The number of nitrogens with one attached hydrogen (secondary N) is 1. The van der Waals surface area contributed by atoms with E-state index in [4.69, 9.17) is 22.1 Å². The minimum Gasteiger partial charge on any atom is -0.495 e. The highest BCUT2D eigenvalue weighted by Gasteiger charge is 2.05. The predicted octanol–water partition coefficient (Wildman–Crippen LogP) is 3.35. The van der Waals surface area contributed by atoms with E-state index in [-0.39, 0.29) is 0 Å². The Morgan fingerprint density at radius 3 is 2.81 bits per heavy atom. The van der Waals surface area contributed by atoms with Crippen molar-refractivity contribution >= 4 is 34.6 Å². The molecule has 0 fully saturated rings. The highest BCUT2D eigenvalue weighted by molar-refractivity contribution is 7.11. The number of hydrogen-bond donors (Lipinski definition) is 2. The molecule has 0 aliphatic heterocycles. The number of thiazole rings is 1. The van der Waals surface area contributed by atoms with E-state index in [9.17, 15) is 0 Å². The molecule has 1 aromatic carbocycles. The number of ether oxygens (including phenoxy) is 1. The molecule has 1 heterocycles. The topological polar surface area (TPSA) is 72.5 Å². The summed E-state index contributed by atoms with van der Waals surface area (Å²) in [6.45, 7) is 4.47. The van der Waals surface area contributed by atoms with Gasteiger partial charge in [-0.05, 0) is 32.0 Å². The summed E-state index contributed by atoms with van der Waals surface area (Å²) in [6.07, 6.45) is 0. The highest BCUT2D eigenvalue weighted by atomic mass is 35.5. The Kier molecular flexibility index (Phi) is 5.03. The van der Waals surface area contributed by atoms with Gasteiger partial charge in [0.1, 0.15) is 5.75 Å². The van der Waals surface area contributed by atoms with E-state index in [0.29, 0.717) is 23.3 Å². The third-order valence-electron chi connectivity index (χ3n) is 2.82. The first kappa shape index (κ1) is 15.6. The Hall–Kier alpha value is -1.79. The van der Waals surface area contributed by atoms with Crippen molar-refractivity contribution in [3.8, 4) is 5.75 Å². The van der Waals surface area contributed by atoms with Gasteiger partial charge in [-0.2, -0.15) is 0 Å². The van der Waals surface area contributed by atoms with E-state index in [1.165, 1.54) is 0 Å². The first-order valence-electron chi connectivity index (χ1n) is 6.33. The van der Waals surface area contributed by atoms with Crippen LogP contribution in [-0.2, 0) is 6.54 Å². The Bertz CT molecular complexity index is 669. The van der Waals surface area contributed by atoms with Gasteiger partial charge >= 0.3 is 0 Å². The average molecular weight is 325 g/mol. The Morgan fingerprint density at radius 1 is 1.48 bits per heavy atom. The molecule has 1 aromatic heterocycles. The van der Waals surface area contributed by atoms with E-state index in [1.807, 2.05) is 19.9 Å². The standard InChI is InChI=1S/C14H17ClN4OS/c1-8-13(21-9(2)18-8)7-17-14(16)19-10-4-5-12(20-3)11(15)6-10/h4-6H,7H2,1-3H3,(H3,16,17,19). The summed E-state index contributed by atoms with van der Waals surface area (Å²) in [5, 5.41) is 4.55. The van der Waals surface area contributed by atoms with Crippen LogP contribution in [0.4, 0.5) is 5.69 Å². The van der Waals surface area contributed by atoms with Gasteiger partial charge < -0.3 is 15.8 Å². The van der Waals surface area contributed by atoms with Crippen LogP contribution in [-0.4, -0.2) is 18.1 Å². The molecule has 0 atom stereocenters. The Morgan fingerprint density at radius 2 is 2.24 bits per heavy atom. The summed E-state index contributed by atoms with van der Waals surface area (Å²) in [4.78, 5) is 9.79. The summed E-state index contributed by atoms with van der Waals surface area (Å²) < 4.78 is 5.10. The van der Waals surface area contributed by atoms with Gasteiger partial charge in [-0.3, -0.25) is 0 Å². The monoisotopic (exact) mass is 324 g/mol. The van der Waals surface area contributed by atoms with Gasteiger partial charge in [-0.25, -0.2) is 9.98 Å². The van der Waals surface area contributed by atoms with Gasteiger partial charge in [0.2, 0.25) is 0 Å². The number of aromatic nitrogens is 1. The second kappa shape index (κ2) is 6.78. The fourth-order valence-corrected chi connectivity index (χ4v) is 2.93. The number of benzene rings is 1. The zero-order valence-electron chi connectivity index (χ0n) is 12.1. The number of aryl methyl sites for hydroxylation is 2. The van der Waals surface area contributed by atoms with Crippen molar-refractivity contribution in [2.24, 2.45) is 10.7 Å². The van der Waals surface area contributed by atoms with E-state index in [2.05, 4.69) is 15.3 Å². The van der Waals surface area contributed by atoms with E-state index in [1.54, 1.807) is 30.6 Å². The molecule has 2 rings (SSSR count). The van der Waals surface area contributed by atoms with Crippen molar-refractivity contribution in [1.29, 1.82) is 0 Å². The van der Waals surface area contributed by atoms with Crippen molar-refractivity contribution in [2.45, 2.75) is 20.4 Å². The maximum absolute atomic E-state index is 6.06. The molecule has 7 heteroatoms. The molecule has 3 N–H and O–H groups in total.